The number of nitrogens with two attached hydrogens (primary N) is 1. The number of benzene rings is 1. The molecule has 0 unspecified atom stereocenters. The zero-order chi connectivity index (χ0) is 13.8. The topological polar surface area (TPSA) is 61.3 Å². The van der Waals surface area contributed by atoms with E-state index in [0.717, 1.165) is 40.3 Å². The molecule has 0 spiro atoms. The van der Waals surface area contributed by atoms with Crippen molar-refractivity contribution in [1.29, 1.82) is 0 Å². The molecular weight excluding hydrogens is 240 g/mol. The lowest BCUT2D eigenvalue weighted by molar-refractivity contribution is 0.338. The summed E-state index contributed by atoms with van der Waals surface area (Å²) < 4.78 is 11.0. The average Bonchev–Trinajstić information content (AvgIpc) is 2.75. The molecule has 0 amide bonds. The van der Waals surface area contributed by atoms with Crippen LogP contribution in [0.3, 0.4) is 0 Å². The van der Waals surface area contributed by atoms with Crippen molar-refractivity contribution < 1.29 is 9.26 Å². The van der Waals surface area contributed by atoms with Crippen molar-refractivity contribution in [3.05, 3.63) is 35.0 Å². The van der Waals surface area contributed by atoms with E-state index in [4.69, 9.17) is 15.0 Å². The molecule has 0 atom stereocenters. The summed E-state index contributed by atoms with van der Waals surface area (Å²) in [4.78, 5) is 0. The summed E-state index contributed by atoms with van der Waals surface area (Å²) in [5, 5.41) is 4.04. The minimum atomic E-state index is 0.588. The zero-order valence-electron chi connectivity index (χ0n) is 11.7. The van der Waals surface area contributed by atoms with Gasteiger partial charge in [-0.2, -0.15) is 0 Å². The van der Waals surface area contributed by atoms with Crippen LogP contribution < -0.4 is 10.5 Å². The highest BCUT2D eigenvalue weighted by molar-refractivity contribution is 5.64. The van der Waals surface area contributed by atoms with Crippen LogP contribution in [0.15, 0.2) is 22.7 Å². The summed E-state index contributed by atoms with van der Waals surface area (Å²) in [7, 11) is 0. The van der Waals surface area contributed by atoms with Crippen LogP contribution in [0.4, 0.5) is 0 Å². The molecule has 102 valence electrons. The summed E-state index contributed by atoms with van der Waals surface area (Å²) in [5.74, 6) is 1.72. The average molecular weight is 260 g/mol. The van der Waals surface area contributed by atoms with Gasteiger partial charge in [0.1, 0.15) is 5.75 Å². The third-order valence-corrected chi connectivity index (χ3v) is 3.12. The lowest BCUT2D eigenvalue weighted by Gasteiger charge is -2.08. The Kier molecular flexibility index (Phi) is 4.22. The Bertz CT molecular complexity index is 561. The first-order valence-electron chi connectivity index (χ1n) is 6.56. The Morgan fingerprint density at radius 1 is 1.32 bits per heavy atom. The molecule has 0 fully saturated rings. The van der Waals surface area contributed by atoms with E-state index >= 15 is 0 Å². The van der Waals surface area contributed by atoms with Gasteiger partial charge in [0.15, 0.2) is 5.76 Å². The molecule has 4 heteroatoms. The van der Waals surface area contributed by atoms with E-state index in [1.165, 1.54) is 0 Å². The van der Waals surface area contributed by atoms with Gasteiger partial charge < -0.3 is 15.0 Å². The molecule has 0 saturated heterocycles. The van der Waals surface area contributed by atoms with Gasteiger partial charge in [0.2, 0.25) is 0 Å². The number of ether oxygens (including phenoxy) is 1. The maximum Gasteiger partial charge on any atom is 0.170 e. The third kappa shape index (κ3) is 2.79. The summed E-state index contributed by atoms with van der Waals surface area (Å²) in [6, 6.07) is 6.03. The van der Waals surface area contributed by atoms with E-state index in [1.807, 2.05) is 32.9 Å². The molecule has 0 radical (unpaired) electrons. The smallest absolute Gasteiger partial charge is 0.170 e. The van der Waals surface area contributed by atoms with Gasteiger partial charge >= 0.3 is 0 Å². The second-order valence-electron chi connectivity index (χ2n) is 4.53. The molecule has 1 aromatic heterocycles. The van der Waals surface area contributed by atoms with E-state index in [9.17, 15) is 0 Å². The fourth-order valence-electron chi connectivity index (χ4n) is 2.16. The van der Waals surface area contributed by atoms with Gasteiger partial charge in [-0.15, -0.1) is 0 Å². The van der Waals surface area contributed by atoms with Crippen LogP contribution in [0.25, 0.3) is 11.3 Å². The van der Waals surface area contributed by atoms with Gasteiger partial charge in [-0.3, -0.25) is 0 Å². The van der Waals surface area contributed by atoms with Crippen molar-refractivity contribution in [1.82, 2.24) is 5.16 Å². The largest absolute Gasteiger partial charge is 0.494 e. The summed E-state index contributed by atoms with van der Waals surface area (Å²) in [5.41, 5.74) is 9.75. The Balaban J connectivity index is 2.39. The van der Waals surface area contributed by atoms with E-state index in [1.54, 1.807) is 0 Å². The van der Waals surface area contributed by atoms with Crippen LogP contribution >= 0.6 is 0 Å². The van der Waals surface area contributed by atoms with Gasteiger partial charge in [0, 0.05) is 11.1 Å². The van der Waals surface area contributed by atoms with E-state index in [-0.39, 0.29) is 0 Å². The molecule has 0 aliphatic carbocycles. The molecule has 4 nitrogen and oxygen atoms in total. The van der Waals surface area contributed by atoms with Crippen LogP contribution in [0.2, 0.25) is 0 Å². The highest BCUT2D eigenvalue weighted by Gasteiger charge is 2.15. The zero-order valence-corrected chi connectivity index (χ0v) is 11.7. The first kappa shape index (κ1) is 13.6. The quantitative estimate of drug-likeness (QED) is 0.898. The van der Waals surface area contributed by atoms with Crippen LogP contribution in [-0.2, 0) is 6.42 Å². The van der Waals surface area contributed by atoms with Crippen molar-refractivity contribution in [2.75, 3.05) is 13.2 Å². The minimum absolute atomic E-state index is 0.588. The molecule has 1 heterocycles. The number of hydrogen-bond acceptors (Lipinski definition) is 4. The molecule has 2 aromatic rings. The molecule has 19 heavy (non-hydrogen) atoms. The standard InChI is InChI=1S/C15H20N2O2/c1-4-18-14-6-5-12(9-10(14)2)15-13(7-8-16)11(3)17-19-15/h5-6,9H,4,7-8,16H2,1-3H3. The number of hydrogen-bond donors (Lipinski definition) is 1. The fourth-order valence-corrected chi connectivity index (χ4v) is 2.16. The van der Waals surface area contributed by atoms with Crippen molar-refractivity contribution in [2.24, 2.45) is 5.73 Å². The lowest BCUT2D eigenvalue weighted by Crippen LogP contribution is -2.04. The predicted molar refractivity (Wildman–Crippen MR) is 75.3 cm³/mol. The van der Waals surface area contributed by atoms with Crippen molar-refractivity contribution in [3.8, 4) is 17.1 Å². The molecule has 0 saturated carbocycles. The minimum Gasteiger partial charge on any atom is -0.494 e. The van der Waals surface area contributed by atoms with Crippen LogP contribution in [-0.4, -0.2) is 18.3 Å². The summed E-state index contributed by atoms with van der Waals surface area (Å²) in [6.07, 6.45) is 0.775. The normalized spacial score (nSPS) is 10.7. The van der Waals surface area contributed by atoms with Gasteiger partial charge in [-0.05, 0) is 57.5 Å². The van der Waals surface area contributed by atoms with Crippen molar-refractivity contribution in [3.63, 3.8) is 0 Å². The molecule has 0 aliphatic heterocycles. The molecular formula is C15H20N2O2. The Morgan fingerprint density at radius 2 is 2.11 bits per heavy atom. The molecule has 2 N–H and O–H groups in total. The monoisotopic (exact) mass is 260 g/mol. The molecule has 0 aliphatic rings. The third-order valence-electron chi connectivity index (χ3n) is 3.12. The van der Waals surface area contributed by atoms with Crippen molar-refractivity contribution >= 4 is 0 Å². The molecule has 2 rings (SSSR count). The van der Waals surface area contributed by atoms with E-state index < -0.39 is 0 Å². The van der Waals surface area contributed by atoms with Crippen LogP contribution in [0, 0.1) is 13.8 Å². The SMILES string of the molecule is CCOc1ccc(-c2onc(C)c2CCN)cc1C. The number of nitrogens with zero attached hydrogens (tertiary/aromatic N) is 1. The predicted octanol–water partition coefficient (Wildman–Crippen LogP) is 2.86. The first-order valence-corrected chi connectivity index (χ1v) is 6.56. The molecule has 1 aromatic carbocycles. The summed E-state index contributed by atoms with van der Waals surface area (Å²) in [6.45, 7) is 7.21. The lowest BCUT2D eigenvalue weighted by atomic mass is 10.0. The maximum absolute atomic E-state index is 5.64. The second-order valence-corrected chi connectivity index (χ2v) is 4.53. The van der Waals surface area contributed by atoms with E-state index in [0.29, 0.717) is 13.2 Å². The Labute approximate surface area is 113 Å². The van der Waals surface area contributed by atoms with Gasteiger partial charge in [-0.1, -0.05) is 5.16 Å². The van der Waals surface area contributed by atoms with Crippen LogP contribution in [0.1, 0.15) is 23.7 Å². The number of rotatable bonds is 5. The number of aryl methyl sites for hydroxylation is 2. The fraction of sp³-hybridized carbons (Fsp3) is 0.400. The highest BCUT2D eigenvalue weighted by atomic mass is 16.5. The highest BCUT2D eigenvalue weighted by Crippen LogP contribution is 2.30. The van der Waals surface area contributed by atoms with Gasteiger partial charge in [0.05, 0.1) is 12.3 Å². The number of aromatic nitrogens is 1. The summed E-state index contributed by atoms with van der Waals surface area (Å²) >= 11 is 0. The van der Waals surface area contributed by atoms with Crippen molar-refractivity contribution in [2.45, 2.75) is 27.2 Å². The Hall–Kier alpha value is -1.81. The van der Waals surface area contributed by atoms with Gasteiger partial charge in [-0.25, -0.2) is 0 Å². The molecule has 0 bridgehead atoms. The van der Waals surface area contributed by atoms with Crippen LogP contribution in [0.5, 0.6) is 5.75 Å². The Morgan fingerprint density at radius 3 is 2.74 bits per heavy atom. The second kappa shape index (κ2) is 5.89. The first-order chi connectivity index (χ1) is 9.17. The maximum atomic E-state index is 5.64. The van der Waals surface area contributed by atoms with E-state index in [2.05, 4.69) is 11.2 Å². The van der Waals surface area contributed by atoms with Gasteiger partial charge in [0.25, 0.3) is 0 Å².